The third-order valence-electron chi connectivity index (χ3n) is 3.50. The highest BCUT2D eigenvalue weighted by Crippen LogP contribution is 2.28. The van der Waals surface area contributed by atoms with Gasteiger partial charge in [-0.3, -0.25) is 0 Å². The molecule has 0 saturated carbocycles. The van der Waals surface area contributed by atoms with Crippen molar-refractivity contribution in [2.24, 2.45) is 5.73 Å². The Bertz CT molecular complexity index is 392. The normalized spacial score (nSPS) is 20.3. The lowest BCUT2D eigenvalue weighted by Crippen LogP contribution is -2.31. The van der Waals surface area contributed by atoms with Crippen molar-refractivity contribution >= 4 is 17.3 Å². The van der Waals surface area contributed by atoms with Gasteiger partial charge < -0.3 is 15.5 Å². The van der Waals surface area contributed by atoms with Crippen LogP contribution in [-0.2, 0) is 6.54 Å². The molecule has 0 bridgehead atoms. The first kappa shape index (κ1) is 12.7. The van der Waals surface area contributed by atoms with Gasteiger partial charge in [0.25, 0.3) is 0 Å². The minimum Gasteiger partial charge on any atom is -0.370 e. The van der Waals surface area contributed by atoms with E-state index in [-0.39, 0.29) is 0 Å². The van der Waals surface area contributed by atoms with Crippen LogP contribution in [0.15, 0.2) is 18.2 Å². The second-order valence-corrected chi connectivity index (χ2v) is 5.27. The zero-order valence-corrected chi connectivity index (χ0v) is 11.2. The van der Waals surface area contributed by atoms with Crippen molar-refractivity contribution < 1.29 is 0 Å². The lowest BCUT2D eigenvalue weighted by atomic mass is 10.1. The summed E-state index contributed by atoms with van der Waals surface area (Å²) in [5, 5.41) is 0.762. The molecule has 0 radical (unpaired) electrons. The molecule has 4 heteroatoms. The molecule has 1 atom stereocenters. The van der Waals surface area contributed by atoms with Gasteiger partial charge in [0.05, 0.1) is 0 Å². The van der Waals surface area contributed by atoms with Crippen LogP contribution in [0, 0.1) is 0 Å². The Hall–Kier alpha value is -0.770. The molecule has 0 aromatic heterocycles. The minimum absolute atomic E-state index is 0.541. The quantitative estimate of drug-likeness (QED) is 0.894. The van der Waals surface area contributed by atoms with Gasteiger partial charge in [-0.2, -0.15) is 0 Å². The number of halogens is 1. The first-order valence-corrected chi connectivity index (χ1v) is 6.39. The Labute approximate surface area is 108 Å². The predicted molar refractivity (Wildman–Crippen MR) is 73.6 cm³/mol. The molecule has 1 aromatic rings. The fourth-order valence-electron chi connectivity index (χ4n) is 2.41. The number of nitrogens with two attached hydrogens (primary N) is 1. The minimum atomic E-state index is 0.541. The monoisotopic (exact) mass is 253 g/mol. The topological polar surface area (TPSA) is 32.5 Å². The Morgan fingerprint density at radius 1 is 1.47 bits per heavy atom. The molecule has 1 aliphatic heterocycles. The number of nitrogens with zero attached hydrogens (tertiary/aromatic N) is 2. The second-order valence-electron chi connectivity index (χ2n) is 4.83. The Kier molecular flexibility index (Phi) is 3.92. The molecule has 2 N–H and O–H groups in total. The summed E-state index contributed by atoms with van der Waals surface area (Å²) in [5.41, 5.74) is 8.16. The van der Waals surface area contributed by atoms with Crippen molar-refractivity contribution in [2.75, 3.05) is 32.1 Å². The number of likely N-dealkylation sites (N-methyl/N-ethyl adjacent to an activating group) is 1. The van der Waals surface area contributed by atoms with Crippen molar-refractivity contribution in [3.63, 3.8) is 0 Å². The van der Waals surface area contributed by atoms with Crippen LogP contribution >= 0.6 is 11.6 Å². The van der Waals surface area contributed by atoms with Crippen LogP contribution in [0.5, 0.6) is 0 Å². The lowest BCUT2D eigenvalue weighted by Gasteiger charge is -2.23. The molecule has 0 spiro atoms. The molecule has 2 rings (SSSR count). The molecule has 17 heavy (non-hydrogen) atoms. The van der Waals surface area contributed by atoms with E-state index in [4.69, 9.17) is 17.3 Å². The zero-order valence-electron chi connectivity index (χ0n) is 10.5. The maximum atomic E-state index is 6.00. The lowest BCUT2D eigenvalue weighted by molar-refractivity contribution is 0.315. The van der Waals surface area contributed by atoms with Crippen LogP contribution in [0.1, 0.15) is 12.0 Å². The summed E-state index contributed by atoms with van der Waals surface area (Å²) in [6.07, 6.45) is 1.21. The van der Waals surface area contributed by atoms with Crippen LogP contribution in [-0.4, -0.2) is 38.1 Å². The Balaban J connectivity index is 2.18. The van der Waals surface area contributed by atoms with E-state index < -0.39 is 0 Å². The van der Waals surface area contributed by atoms with Gasteiger partial charge in [-0.05, 0) is 44.3 Å². The third kappa shape index (κ3) is 2.73. The summed E-state index contributed by atoms with van der Waals surface area (Å²) in [6, 6.07) is 6.64. The molecular formula is C13H20ClN3. The van der Waals surface area contributed by atoms with Gasteiger partial charge in [0.1, 0.15) is 0 Å². The molecule has 0 aliphatic carbocycles. The Morgan fingerprint density at radius 2 is 2.24 bits per heavy atom. The van der Waals surface area contributed by atoms with Crippen LogP contribution in [0.3, 0.4) is 0 Å². The largest absolute Gasteiger partial charge is 0.370 e. The van der Waals surface area contributed by atoms with Crippen molar-refractivity contribution in [3.05, 3.63) is 28.8 Å². The molecule has 3 nitrogen and oxygen atoms in total. The number of rotatable bonds is 3. The number of hydrogen-bond donors (Lipinski definition) is 1. The van der Waals surface area contributed by atoms with E-state index in [0.29, 0.717) is 12.6 Å². The molecule has 1 saturated heterocycles. The Morgan fingerprint density at radius 3 is 2.82 bits per heavy atom. The summed E-state index contributed by atoms with van der Waals surface area (Å²) in [4.78, 5) is 4.70. The summed E-state index contributed by atoms with van der Waals surface area (Å²) < 4.78 is 0. The van der Waals surface area contributed by atoms with E-state index in [9.17, 15) is 0 Å². The van der Waals surface area contributed by atoms with Crippen molar-refractivity contribution in [1.29, 1.82) is 0 Å². The predicted octanol–water partition coefficient (Wildman–Crippen LogP) is 1.94. The van der Waals surface area contributed by atoms with Crippen molar-refractivity contribution in [2.45, 2.75) is 19.0 Å². The third-order valence-corrected chi connectivity index (χ3v) is 3.73. The fourth-order valence-corrected chi connectivity index (χ4v) is 2.60. The smallest absolute Gasteiger partial charge is 0.0413 e. The molecule has 1 aliphatic rings. The van der Waals surface area contributed by atoms with Crippen LogP contribution in [0.25, 0.3) is 0 Å². The van der Waals surface area contributed by atoms with Gasteiger partial charge in [0, 0.05) is 36.4 Å². The SMILES string of the molecule is CN(C)C1CCN(c2ccc(Cl)cc2CN)C1. The molecule has 0 amide bonds. The number of anilines is 1. The van der Waals surface area contributed by atoms with Gasteiger partial charge in [0.15, 0.2) is 0 Å². The van der Waals surface area contributed by atoms with Crippen LogP contribution in [0.4, 0.5) is 5.69 Å². The molecule has 94 valence electrons. The van der Waals surface area contributed by atoms with Gasteiger partial charge in [-0.15, -0.1) is 0 Å². The summed E-state index contributed by atoms with van der Waals surface area (Å²) >= 11 is 6.00. The standard InChI is InChI=1S/C13H20ClN3/c1-16(2)12-5-6-17(9-12)13-4-3-11(14)7-10(13)8-15/h3-4,7,12H,5-6,8-9,15H2,1-2H3. The van der Waals surface area contributed by atoms with E-state index in [1.54, 1.807) is 0 Å². The van der Waals surface area contributed by atoms with Gasteiger partial charge in [0.2, 0.25) is 0 Å². The average molecular weight is 254 g/mol. The molecule has 1 heterocycles. The molecule has 1 aromatic carbocycles. The first-order valence-electron chi connectivity index (χ1n) is 6.01. The van der Waals surface area contributed by atoms with Gasteiger partial charge in [-0.1, -0.05) is 11.6 Å². The van der Waals surface area contributed by atoms with E-state index in [1.807, 2.05) is 12.1 Å². The first-order chi connectivity index (χ1) is 8.11. The molecule has 1 fully saturated rings. The fraction of sp³-hybridized carbons (Fsp3) is 0.538. The van der Waals surface area contributed by atoms with Gasteiger partial charge >= 0.3 is 0 Å². The van der Waals surface area contributed by atoms with Crippen LogP contribution < -0.4 is 10.6 Å². The highest BCUT2D eigenvalue weighted by molar-refractivity contribution is 6.30. The van der Waals surface area contributed by atoms with E-state index in [1.165, 1.54) is 12.1 Å². The summed E-state index contributed by atoms with van der Waals surface area (Å²) in [7, 11) is 4.28. The second kappa shape index (κ2) is 5.25. The molecule has 1 unspecified atom stereocenters. The van der Waals surface area contributed by atoms with Crippen LogP contribution in [0.2, 0.25) is 5.02 Å². The number of hydrogen-bond acceptors (Lipinski definition) is 3. The van der Waals surface area contributed by atoms with Crippen molar-refractivity contribution in [1.82, 2.24) is 4.90 Å². The summed E-state index contributed by atoms with van der Waals surface area (Å²) in [6.45, 7) is 2.71. The van der Waals surface area contributed by atoms with E-state index in [2.05, 4.69) is 30.0 Å². The van der Waals surface area contributed by atoms with E-state index in [0.717, 1.165) is 23.7 Å². The maximum Gasteiger partial charge on any atom is 0.0413 e. The highest BCUT2D eigenvalue weighted by atomic mass is 35.5. The van der Waals surface area contributed by atoms with Crippen molar-refractivity contribution in [3.8, 4) is 0 Å². The zero-order chi connectivity index (χ0) is 12.4. The van der Waals surface area contributed by atoms with Gasteiger partial charge in [-0.25, -0.2) is 0 Å². The van der Waals surface area contributed by atoms with E-state index >= 15 is 0 Å². The molecular weight excluding hydrogens is 234 g/mol. The summed E-state index contributed by atoms with van der Waals surface area (Å²) in [5.74, 6) is 0. The maximum absolute atomic E-state index is 6.00. The average Bonchev–Trinajstić information content (AvgIpc) is 2.78. The number of benzene rings is 1. The highest BCUT2D eigenvalue weighted by Gasteiger charge is 2.25.